The maximum absolute atomic E-state index is 12.0. The Hall–Kier alpha value is -2.26. The molecule has 0 aromatic heterocycles. The third-order valence-corrected chi connectivity index (χ3v) is 3.82. The van der Waals surface area contributed by atoms with Crippen LogP contribution in [0.15, 0.2) is 60.7 Å². The zero-order chi connectivity index (χ0) is 17.2. The number of unbranched alkanes of at least 4 members (excludes halogenated alkanes) is 1. The Morgan fingerprint density at radius 1 is 1.08 bits per heavy atom. The number of carbonyl (C=O) groups is 1. The Balaban J connectivity index is 1.63. The zero-order valence-corrected chi connectivity index (χ0v) is 14.6. The summed E-state index contributed by atoms with van der Waals surface area (Å²) in [6.07, 6.45) is 5.24. The maximum Gasteiger partial charge on any atom is 0.246 e. The van der Waals surface area contributed by atoms with Gasteiger partial charge in [0.2, 0.25) is 5.91 Å². The van der Waals surface area contributed by atoms with Crippen molar-refractivity contribution >= 4 is 23.6 Å². The van der Waals surface area contributed by atoms with E-state index in [4.69, 9.17) is 16.3 Å². The fraction of sp³-hybridized carbons (Fsp3) is 0.250. The van der Waals surface area contributed by atoms with Gasteiger partial charge in [0.1, 0.15) is 5.75 Å². The second-order valence-electron chi connectivity index (χ2n) is 5.51. The molecular weight excluding hydrogens is 322 g/mol. The van der Waals surface area contributed by atoms with E-state index in [0.717, 1.165) is 24.2 Å². The average molecular weight is 344 g/mol. The molecule has 0 bridgehead atoms. The Kier molecular flexibility index (Phi) is 7.37. The molecule has 0 atom stereocenters. The molecule has 0 fully saturated rings. The molecule has 2 aromatic carbocycles. The van der Waals surface area contributed by atoms with Crippen molar-refractivity contribution in [1.82, 2.24) is 4.90 Å². The van der Waals surface area contributed by atoms with Gasteiger partial charge in [-0.3, -0.25) is 4.79 Å². The van der Waals surface area contributed by atoms with Crippen molar-refractivity contribution in [2.24, 2.45) is 0 Å². The van der Waals surface area contributed by atoms with Crippen molar-refractivity contribution < 1.29 is 9.53 Å². The van der Waals surface area contributed by atoms with Gasteiger partial charge in [-0.2, -0.15) is 0 Å². The van der Waals surface area contributed by atoms with E-state index in [1.807, 2.05) is 67.7 Å². The monoisotopic (exact) mass is 343 g/mol. The van der Waals surface area contributed by atoms with Gasteiger partial charge in [-0.05, 0) is 48.7 Å². The predicted molar refractivity (Wildman–Crippen MR) is 99.3 cm³/mol. The molecule has 0 N–H and O–H groups in total. The third-order valence-electron chi connectivity index (χ3n) is 3.56. The molecule has 0 spiro atoms. The number of amides is 1. The molecule has 0 aliphatic heterocycles. The lowest BCUT2D eigenvalue weighted by molar-refractivity contribution is -0.124. The van der Waals surface area contributed by atoms with Crippen LogP contribution in [0, 0.1) is 0 Å². The summed E-state index contributed by atoms with van der Waals surface area (Å²) in [7, 11) is 1.82. The number of halogens is 1. The van der Waals surface area contributed by atoms with Gasteiger partial charge in [-0.1, -0.05) is 41.9 Å². The fourth-order valence-electron chi connectivity index (χ4n) is 2.14. The standard InChI is InChI=1S/C20H22ClNO2/c1-22(20(23)14-9-17-7-3-2-4-8-17)15-5-6-16-24-19-12-10-18(21)11-13-19/h2-4,7-14H,5-6,15-16H2,1H3/b14-9+. The first-order valence-corrected chi connectivity index (χ1v) is 8.39. The topological polar surface area (TPSA) is 29.5 Å². The summed E-state index contributed by atoms with van der Waals surface area (Å²) in [5.41, 5.74) is 1.02. The van der Waals surface area contributed by atoms with Gasteiger partial charge in [-0.25, -0.2) is 0 Å². The first-order valence-electron chi connectivity index (χ1n) is 8.02. The molecule has 2 rings (SSSR count). The van der Waals surface area contributed by atoms with E-state index in [0.29, 0.717) is 18.2 Å². The fourth-order valence-corrected chi connectivity index (χ4v) is 2.27. The molecule has 1 amide bonds. The molecule has 126 valence electrons. The molecule has 0 aliphatic rings. The lowest BCUT2D eigenvalue weighted by atomic mass is 10.2. The van der Waals surface area contributed by atoms with Gasteiger partial charge >= 0.3 is 0 Å². The zero-order valence-electron chi connectivity index (χ0n) is 13.8. The van der Waals surface area contributed by atoms with Crippen molar-refractivity contribution in [3.63, 3.8) is 0 Å². The van der Waals surface area contributed by atoms with E-state index in [1.54, 1.807) is 11.0 Å². The summed E-state index contributed by atoms with van der Waals surface area (Å²) >= 11 is 5.83. The van der Waals surface area contributed by atoms with E-state index in [1.165, 1.54) is 0 Å². The SMILES string of the molecule is CN(CCCCOc1ccc(Cl)cc1)C(=O)/C=C/c1ccccc1. The molecule has 0 saturated carbocycles. The van der Waals surface area contributed by atoms with Crippen molar-refractivity contribution in [2.75, 3.05) is 20.2 Å². The summed E-state index contributed by atoms with van der Waals surface area (Å²) in [5, 5.41) is 0.700. The highest BCUT2D eigenvalue weighted by Gasteiger charge is 2.04. The lowest BCUT2D eigenvalue weighted by Gasteiger charge is -2.15. The Bertz CT molecular complexity index is 653. The van der Waals surface area contributed by atoms with E-state index in [2.05, 4.69) is 0 Å². The van der Waals surface area contributed by atoms with Gasteiger partial charge < -0.3 is 9.64 Å². The number of likely N-dealkylation sites (N-methyl/N-ethyl adjacent to an activating group) is 1. The van der Waals surface area contributed by atoms with Gasteiger partial charge in [0.15, 0.2) is 0 Å². The molecule has 2 aromatic rings. The van der Waals surface area contributed by atoms with Gasteiger partial charge in [-0.15, -0.1) is 0 Å². The van der Waals surface area contributed by atoms with E-state index >= 15 is 0 Å². The highest BCUT2D eigenvalue weighted by atomic mass is 35.5. The summed E-state index contributed by atoms with van der Waals surface area (Å²) < 4.78 is 5.63. The van der Waals surface area contributed by atoms with E-state index in [-0.39, 0.29) is 5.91 Å². The number of carbonyl (C=O) groups excluding carboxylic acids is 1. The number of nitrogens with zero attached hydrogens (tertiary/aromatic N) is 1. The number of rotatable bonds is 8. The molecule has 0 saturated heterocycles. The minimum Gasteiger partial charge on any atom is -0.494 e. The van der Waals surface area contributed by atoms with Crippen molar-refractivity contribution in [3.05, 3.63) is 71.3 Å². The van der Waals surface area contributed by atoms with Gasteiger partial charge in [0, 0.05) is 24.7 Å². The normalized spacial score (nSPS) is 10.8. The smallest absolute Gasteiger partial charge is 0.246 e. The summed E-state index contributed by atoms with van der Waals surface area (Å²) in [6.45, 7) is 1.34. The minimum absolute atomic E-state index is 0.0115. The number of benzene rings is 2. The number of hydrogen-bond donors (Lipinski definition) is 0. The Morgan fingerprint density at radius 2 is 1.79 bits per heavy atom. The summed E-state index contributed by atoms with van der Waals surface area (Å²) in [5.74, 6) is 0.826. The van der Waals surface area contributed by atoms with E-state index < -0.39 is 0 Å². The Labute approximate surface area is 148 Å². The summed E-state index contributed by atoms with van der Waals surface area (Å²) in [4.78, 5) is 13.8. The van der Waals surface area contributed by atoms with Crippen LogP contribution in [0.25, 0.3) is 6.08 Å². The molecule has 3 nitrogen and oxygen atoms in total. The molecule has 0 unspecified atom stereocenters. The molecule has 24 heavy (non-hydrogen) atoms. The molecule has 4 heteroatoms. The van der Waals surface area contributed by atoms with Crippen LogP contribution in [0.5, 0.6) is 5.75 Å². The first-order chi connectivity index (χ1) is 11.6. The van der Waals surface area contributed by atoms with Crippen LogP contribution >= 0.6 is 11.6 Å². The molecule has 0 heterocycles. The quantitative estimate of drug-likeness (QED) is 0.515. The van der Waals surface area contributed by atoms with Crippen LogP contribution in [-0.4, -0.2) is 31.0 Å². The number of ether oxygens (including phenoxy) is 1. The third kappa shape index (κ3) is 6.47. The minimum atomic E-state index is 0.0115. The number of hydrogen-bond acceptors (Lipinski definition) is 2. The van der Waals surface area contributed by atoms with Crippen LogP contribution in [0.3, 0.4) is 0 Å². The molecule has 0 aliphatic carbocycles. The van der Waals surface area contributed by atoms with E-state index in [9.17, 15) is 4.79 Å². The van der Waals surface area contributed by atoms with Crippen LogP contribution in [0.4, 0.5) is 0 Å². The van der Waals surface area contributed by atoms with Crippen LogP contribution in [-0.2, 0) is 4.79 Å². The summed E-state index contributed by atoms with van der Waals surface area (Å²) in [6, 6.07) is 17.1. The molecular formula is C20H22ClNO2. The average Bonchev–Trinajstić information content (AvgIpc) is 2.61. The maximum atomic E-state index is 12.0. The van der Waals surface area contributed by atoms with Crippen molar-refractivity contribution in [2.45, 2.75) is 12.8 Å². The highest BCUT2D eigenvalue weighted by Crippen LogP contribution is 2.15. The van der Waals surface area contributed by atoms with Gasteiger partial charge in [0.05, 0.1) is 6.61 Å². The molecule has 0 radical (unpaired) electrons. The second-order valence-corrected chi connectivity index (χ2v) is 5.95. The predicted octanol–water partition coefficient (Wildman–Crippen LogP) is 4.67. The Morgan fingerprint density at radius 3 is 2.50 bits per heavy atom. The highest BCUT2D eigenvalue weighted by molar-refractivity contribution is 6.30. The first kappa shape index (κ1) is 18.1. The van der Waals surface area contributed by atoms with Crippen LogP contribution in [0.2, 0.25) is 5.02 Å². The van der Waals surface area contributed by atoms with Crippen LogP contribution in [0.1, 0.15) is 18.4 Å². The lowest BCUT2D eigenvalue weighted by Crippen LogP contribution is -2.26. The van der Waals surface area contributed by atoms with Crippen molar-refractivity contribution in [3.8, 4) is 5.75 Å². The largest absolute Gasteiger partial charge is 0.494 e. The van der Waals surface area contributed by atoms with Crippen LogP contribution < -0.4 is 4.74 Å². The van der Waals surface area contributed by atoms with Gasteiger partial charge in [0.25, 0.3) is 0 Å². The van der Waals surface area contributed by atoms with Crippen molar-refractivity contribution in [1.29, 1.82) is 0 Å². The second kappa shape index (κ2) is 9.78.